The predicted molar refractivity (Wildman–Crippen MR) is 155 cm³/mol. The number of β-amino-alcohol motifs (C(OH)–C–C–N with tert-alkyl or cyclic N) is 1. The highest BCUT2D eigenvalue weighted by molar-refractivity contribution is 7.17. The number of rotatable bonds is 10. The lowest BCUT2D eigenvalue weighted by atomic mass is 10.2. The van der Waals surface area contributed by atoms with Gasteiger partial charge in [0.25, 0.3) is 5.91 Å². The molecule has 1 aliphatic rings. The maximum absolute atomic E-state index is 12.9. The number of hydrogen-bond donors (Lipinski definition) is 4. The van der Waals surface area contributed by atoms with Crippen LogP contribution in [0.2, 0.25) is 5.02 Å². The third-order valence-electron chi connectivity index (χ3n) is 6.00. The van der Waals surface area contributed by atoms with Crippen LogP contribution in [-0.2, 0) is 0 Å². The van der Waals surface area contributed by atoms with E-state index in [4.69, 9.17) is 16.0 Å². The number of aryl methyl sites for hydroxylation is 1. The highest BCUT2D eigenvalue weighted by atomic mass is 35.5. The van der Waals surface area contributed by atoms with Gasteiger partial charge in [-0.05, 0) is 30.7 Å². The number of anilines is 5. The number of amides is 1. The molecule has 1 aliphatic heterocycles. The van der Waals surface area contributed by atoms with Gasteiger partial charge in [0, 0.05) is 32.7 Å². The Morgan fingerprint density at radius 3 is 2.75 bits per heavy atom. The maximum atomic E-state index is 12.9. The van der Waals surface area contributed by atoms with Crippen molar-refractivity contribution in [2.75, 3.05) is 60.3 Å². The van der Waals surface area contributed by atoms with Gasteiger partial charge >= 0.3 is 0 Å². The molecule has 0 radical (unpaired) electrons. The number of furan rings is 1. The lowest BCUT2D eigenvalue weighted by Crippen LogP contribution is -2.47. The first-order valence-electron chi connectivity index (χ1n) is 12.4. The van der Waals surface area contributed by atoms with Crippen LogP contribution >= 0.6 is 22.9 Å². The molecule has 0 bridgehead atoms. The number of nitrogens with zero attached hydrogens (tertiary/aromatic N) is 7. The molecule has 1 aromatic carbocycles. The Kier molecular flexibility index (Phi) is 8.81. The third-order valence-corrected chi connectivity index (χ3v) is 7.23. The fourth-order valence-corrected chi connectivity index (χ4v) is 4.92. The summed E-state index contributed by atoms with van der Waals surface area (Å²) in [5, 5.41) is 20.2. The summed E-state index contributed by atoms with van der Waals surface area (Å²) >= 11 is 7.41. The summed E-state index contributed by atoms with van der Waals surface area (Å²) in [5.74, 6) is 1.16. The first-order valence-corrected chi connectivity index (χ1v) is 13.6. The zero-order valence-electron chi connectivity index (χ0n) is 21.5. The molecule has 13 nitrogen and oxygen atoms in total. The molecular formula is C25H27ClN10O3S. The van der Waals surface area contributed by atoms with Crippen molar-refractivity contribution in [1.29, 1.82) is 0 Å². The van der Waals surface area contributed by atoms with Crippen LogP contribution in [0.3, 0.4) is 0 Å². The van der Waals surface area contributed by atoms with Gasteiger partial charge in [0.2, 0.25) is 17.8 Å². The van der Waals surface area contributed by atoms with Crippen LogP contribution in [0.15, 0.2) is 52.3 Å². The molecule has 0 aliphatic carbocycles. The predicted octanol–water partition coefficient (Wildman–Crippen LogP) is 3.44. The fraction of sp³-hybridized carbons (Fsp3) is 0.280. The Balaban J connectivity index is 1.32. The number of halogens is 1. The van der Waals surface area contributed by atoms with Crippen molar-refractivity contribution in [2.24, 2.45) is 5.10 Å². The zero-order chi connectivity index (χ0) is 27.9. The van der Waals surface area contributed by atoms with Crippen LogP contribution in [-0.4, -0.2) is 81.4 Å². The molecule has 4 aromatic rings. The Labute approximate surface area is 238 Å². The van der Waals surface area contributed by atoms with E-state index in [9.17, 15) is 9.90 Å². The smallest absolute Gasteiger partial charge is 0.267 e. The number of carbonyl (C=O) groups excluding carboxylic acids is 1. The van der Waals surface area contributed by atoms with Crippen molar-refractivity contribution < 1.29 is 14.3 Å². The summed E-state index contributed by atoms with van der Waals surface area (Å²) in [6.07, 6.45) is 4.54. The van der Waals surface area contributed by atoms with Crippen LogP contribution in [0.4, 0.5) is 28.7 Å². The molecule has 40 heavy (non-hydrogen) atoms. The molecule has 0 atom stereocenters. The van der Waals surface area contributed by atoms with Crippen molar-refractivity contribution in [2.45, 2.75) is 6.92 Å². The fourth-order valence-electron chi connectivity index (χ4n) is 3.94. The number of nitrogens with one attached hydrogen (secondary N) is 3. The second-order valence-electron chi connectivity index (χ2n) is 8.76. The van der Waals surface area contributed by atoms with E-state index in [-0.39, 0.29) is 24.4 Å². The largest absolute Gasteiger partial charge is 0.463 e. The number of benzene rings is 1. The van der Waals surface area contributed by atoms with E-state index in [1.165, 1.54) is 12.4 Å². The van der Waals surface area contributed by atoms with Crippen LogP contribution < -0.4 is 21.0 Å². The monoisotopic (exact) mass is 582 g/mol. The molecule has 15 heteroatoms. The van der Waals surface area contributed by atoms with E-state index in [0.717, 1.165) is 30.0 Å². The van der Waals surface area contributed by atoms with E-state index >= 15 is 0 Å². The summed E-state index contributed by atoms with van der Waals surface area (Å²) in [4.78, 5) is 35.3. The first kappa shape index (κ1) is 27.5. The average Bonchev–Trinajstić information content (AvgIpc) is 3.64. The molecule has 4 N–H and O–H groups in total. The van der Waals surface area contributed by atoms with E-state index in [2.05, 4.69) is 46.0 Å². The minimum absolute atomic E-state index is 0.118. The van der Waals surface area contributed by atoms with Crippen molar-refractivity contribution in [3.63, 3.8) is 0 Å². The Morgan fingerprint density at radius 1 is 1.18 bits per heavy atom. The topological polar surface area (TPSA) is 157 Å². The van der Waals surface area contributed by atoms with Crippen molar-refractivity contribution in [3.05, 3.63) is 64.0 Å². The van der Waals surface area contributed by atoms with Gasteiger partial charge in [-0.3, -0.25) is 15.0 Å². The van der Waals surface area contributed by atoms with Crippen LogP contribution in [0.25, 0.3) is 0 Å². The molecule has 208 valence electrons. The van der Waals surface area contributed by atoms with Crippen LogP contribution in [0.1, 0.15) is 21.0 Å². The molecule has 1 amide bonds. The molecule has 0 unspecified atom stereocenters. The number of piperazine rings is 1. The van der Waals surface area contributed by atoms with Gasteiger partial charge < -0.3 is 19.7 Å². The second kappa shape index (κ2) is 12.8. The van der Waals surface area contributed by atoms with Gasteiger partial charge in [-0.25, -0.2) is 10.4 Å². The number of aliphatic hydroxyl groups excluding tert-OH is 1. The number of aliphatic hydroxyl groups is 1. The minimum Gasteiger partial charge on any atom is -0.463 e. The van der Waals surface area contributed by atoms with E-state index in [0.29, 0.717) is 52.1 Å². The summed E-state index contributed by atoms with van der Waals surface area (Å²) in [6.45, 7) is 5.52. The maximum Gasteiger partial charge on any atom is 0.267 e. The van der Waals surface area contributed by atoms with Gasteiger partial charge in [0.1, 0.15) is 10.6 Å². The number of thiazole rings is 1. The van der Waals surface area contributed by atoms with Crippen molar-refractivity contribution >= 4 is 63.7 Å². The number of carbonyl (C=O) groups is 1. The van der Waals surface area contributed by atoms with Gasteiger partial charge in [-0.15, -0.1) is 0 Å². The summed E-state index contributed by atoms with van der Waals surface area (Å²) in [6, 6.07) is 8.95. The van der Waals surface area contributed by atoms with Gasteiger partial charge in [-0.1, -0.05) is 35.1 Å². The Morgan fingerprint density at radius 2 is 2.00 bits per heavy atom. The molecule has 5 rings (SSSR count). The quantitative estimate of drug-likeness (QED) is 0.160. The highest BCUT2D eigenvalue weighted by Crippen LogP contribution is 2.28. The normalized spacial score (nSPS) is 14.0. The number of hydrogen-bond acceptors (Lipinski definition) is 13. The average molecular weight is 583 g/mol. The Hall–Kier alpha value is -4.11. The number of hydrazone groups is 1. The SMILES string of the molecule is Cc1cccc(Cl)c1NC(=O)c1cnc(Nc2nc(N/N=C/c3ccco3)nc(N3CCN(CCO)CC3)n2)s1. The van der Waals surface area contributed by atoms with Crippen molar-refractivity contribution in [3.8, 4) is 0 Å². The van der Waals surface area contributed by atoms with Gasteiger partial charge in [-0.2, -0.15) is 20.1 Å². The van der Waals surface area contributed by atoms with Gasteiger partial charge in [0.15, 0.2) is 5.13 Å². The molecule has 1 fully saturated rings. The summed E-state index contributed by atoms with van der Waals surface area (Å²) in [7, 11) is 0. The standard InChI is InChI=1S/C25H27ClN10O3S/c1-16-4-2-6-18(26)20(16)29-21(38)19-15-27-25(40-19)33-22-30-23(34-28-14-17-5-3-13-39-17)32-24(31-22)36-9-7-35(8-10-36)11-12-37/h2-6,13-15,37H,7-12H2,1H3,(H,29,38)(H2,27,30,31,32,33,34)/b28-14+. The zero-order valence-corrected chi connectivity index (χ0v) is 23.1. The number of para-hydroxylation sites is 1. The second-order valence-corrected chi connectivity index (χ2v) is 10.2. The lowest BCUT2D eigenvalue weighted by molar-refractivity contribution is 0.103. The van der Waals surface area contributed by atoms with Gasteiger partial charge in [0.05, 0.1) is 36.0 Å². The molecule has 0 saturated carbocycles. The van der Waals surface area contributed by atoms with Crippen molar-refractivity contribution in [1.82, 2.24) is 24.8 Å². The minimum atomic E-state index is -0.326. The van der Waals surface area contributed by atoms with E-state index < -0.39 is 0 Å². The molecular weight excluding hydrogens is 556 g/mol. The van der Waals surface area contributed by atoms with Crippen LogP contribution in [0.5, 0.6) is 0 Å². The molecule has 3 aromatic heterocycles. The molecule has 4 heterocycles. The third kappa shape index (κ3) is 6.90. The summed E-state index contributed by atoms with van der Waals surface area (Å²) in [5.41, 5.74) is 4.24. The number of aromatic nitrogens is 4. The first-order chi connectivity index (χ1) is 19.5. The van der Waals surface area contributed by atoms with E-state index in [1.54, 1.807) is 24.5 Å². The summed E-state index contributed by atoms with van der Waals surface area (Å²) < 4.78 is 5.26. The molecule has 1 saturated heterocycles. The van der Waals surface area contributed by atoms with Crippen LogP contribution in [0, 0.1) is 6.92 Å². The lowest BCUT2D eigenvalue weighted by Gasteiger charge is -2.34. The highest BCUT2D eigenvalue weighted by Gasteiger charge is 2.21. The Bertz CT molecular complexity index is 1450. The molecule has 0 spiro atoms. The van der Waals surface area contributed by atoms with E-state index in [1.807, 2.05) is 24.0 Å².